The first-order chi connectivity index (χ1) is 16.1. The van der Waals surface area contributed by atoms with Gasteiger partial charge in [-0.3, -0.25) is 10.1 Å². The number of nitro benzene ring substituents is 1. The van der Waals surface area contributed by atoms with Gasteiger partial charge in [-0.15, -0.1) is 28.3 Å². The molecule has 0 radical (unpaired) electrons. The Kier molecular flexibility index (Phi) is 8.61. The molecule has 0 N–H and O–H groups in total. The van der Waals surface area contributed by atoms with Crippen molar-refractivity contribution in [2.24, 2.45) is 4.99 Å². The average Bonchev–Trinajstić information content (AvgIpc) is 3.25. The zero-order valence-electron chi connectivity index (χ0n) is 18.7. The van der Waals surface area contributed by atoms with Crippen molar-refractivity contribution < 1.29 is 14.4 Å². The summed E-state index contributed by atoms with van der Waals surface area (Å²) < 4.78 is 12.9. The predicted octanol–water partition coefficient (Wildman–Crippen LogP) is 6.20. The lowest BCUT2D eigenvalue weighted by molar-refractivity contribution is -0.384. The van der Waals surface area contributed by atoms with Crippen molar-refractivity contribution in [2.45, 2.75) is 13.0 Å². The SMILES string of the molecule is Br.COc1ccc(CCn2c(-c3ccc([N+](=O)[O-])cc3)csc2=Nc2ccccc2)cc1OC. The normalized spacial score (nSPS) is 11.1. The lowest BCUT2D eigenvalue weighted by Crippen LogP contribution is -2.17. The van der Waals surface area contributed by atoms with E-state index >= 15 is 0 Å². The van der Waals surface area contributed by atoms with E-state index in [9.17, 15) is 10.1 Å². The summed E-state index contributed by atoms with van der Waals surface area (Å²) in [6, 6.07) is 22.3. The maximum absolute atomic E-state index is 11.0. The molecule has 0 atom stereocenters. The van der Waals surface area contributed by atoms with Crippen LogP contribution in [0.15, 0.2) is 83.2 Å². The van der Waals surface area contributed by atoms with Crippen molar-refractivity contribution >= 4 is 39.7 Å². The van der Waals surface area contributed by atoms with Gasteiger partial charge in [-0.05, 0) is 53.9 Å². The van der Waals surface area contributed by atoms with E-state index in [1.54, 1.807) is 37.7 Å². The standard InChI is InChI=1S/C25H23N3O4S.BrH/c1-31-23-13-8-18(16-24(23)32-2)14-15-27-22(19-9-11-21(12-10-19)28(29)30)17-33-25(27)26-20-6-4-3-5-7-20;/h3-13,16-17H,14-15H2,1-2H3;1H. The molecule has 4 aromatic rings. The topological polar surface area (TPSA) is 78.9 Å². The molecule has 0 aliphatic heterocycles. The summed E-state index contributed by atoms with van der Waals surface area (Å²) in [6.45, 7) is 0.678. The summed E-state index contributed by atoms with van der Waals surface area (Å²) in [6.07, 6.45) is 0.749. The van der Waals surface area contributed by atoms with Gasteiger partial charge >= 0.3 is 0 Å². The molecule has 0 fully saturated rings. The number of halogens is 1. The van der Waals surface area contributed by atoms with Crippen LogP contribution in [0.4, 0.5) is 11.4 Å². The van der Waals surface area contributed by atoms with Crippen LogP contribution in [-0.2, 0) is 13.0 Å². The van der Waals surface area contributed by atoms with Gasteiger partial charge in [0, 0.05) is 24.1 Å². The smallest absolute Gasteiger partial charge is 0.269 e. The first-order valence-corrected chi connectivity index (χ1v) is 11.2. The van der Waals surface area contributed by atoms with Crippen LogP contribution in [0.25, 0.3) is 11.3 Å². The maximum Gasteiger partial charge on any atom is 0.269 e. The fraction of sp³-hybridized carbons (Fsp3) is 0.160. The first-order valence-electron chi connectivity index (χ1n) is 10.3. The van der Waals surface area contributed by atoms with Crippen LogP contribution < -0.4 is 14.3 Å². The largest absolute Gasteiger partial charge is 0.493 e. The number of hydrogen-bond donors (Lipinski definition) is 0. The number of aromatic nitrogens is 1. The van der Waals surface area contributed by atoms with Gasteiger partial charge in [-0.25, -0.2) is 4.99 Å². The number of aryl methyl sites for hydroxylation is 1. The second-order valence-electron chi connectivity index (χ2n) is 7.25. The Balaban J connectivity index is 0.00000324. The molecule has 3 aromatic carbocycles. The van der Waals surface area contributed by atoms with Gasteiger partial charge in [-0.1, -0.05) is 24.3 Å². The Hall–Kier alpha value is -3.43. The number of hydrogen-bond acceptors (Lipinski definition) is 6. The van der Waals surface area contributed by atoms with Crippen LogP contribution in [0.1, 0.15) is 5.56 Å². The molecule has 0 saturated carbocycles. The molecule has 0 aliphatic rings. The fourth-order valence-corrected chi connectivity index (χ4v) is 4.46. The van der Waals surface area contributed by atoms with Crippen LogP contribution >= 0.6 is 28.3 Å². The lowest BCUT2D eigenvalue weighted by atomic mass is 10.1. The minimum atomic E-state index is -0.390. The molecule has 0 amide bonds. The molecule has 9 heteroatoms. The number of ether oxygens (including phenoxy) is 2. The average molecular weight is 542 g/mol. The van der Waals surface area contributed by atoms with Crippen LogP contribution in [0.3, 0.4) is 0 Å². The third-order valence-electron chi connectivity index (χ3n) is 5.22. The van der Waals surface area contributed by atoms with Crippen molar-refractivity contribution in [2.75, 3.05) is 14.2 Å². The predicted molar refractivity (Wildman–Crippen MR) is 140 cm³/mol. The second kappa shape index (κ2) is 11.6. The number of nitrogens with zero attached hydrogens (tertiary/aromatic N) is 3. The van der Waals surface area contributed by atoms with Crippen LogP contribution in [-0.4, -0.2) is 23.7 Å². The van der Waals surface area contributed by atoms with E-state index < -0.39 is 4.92 Å². The summed E-state index contributed by atoms with van der Waals surface area (Å²) in [7, 11) is 3.24. The van der Waals surface area contributed by atoms with E-state index in [2.05, 4.69) is 4.57 Å². The second-order valence-corrected chi connectivity index (χ2v) is 8.08. The van der Waals surface area contributed by atoms with Gasteiger partial charge < -0.3 is 14.0 Å². The van der Waals surface area contributed by atoms with Gasteiger partial charge in [0.1, 0.15) is 0 Å². The van der Waals surface area contributed by atoms with Gasteiger partial charge in [0.25, 0.3) is 5.69 Å². The zero-order chi connectivity index (χ0) is 23.2. The zero-order valence-corrected chi connectivity index (χ0v) is 21.2. The number of nitro groups is 1. The van der Waals surface area contributed by atoms with Crippen molar-refractivity contribution in [1.29, 1.82) is 0 Å². The van der Waals surface area contributed by atoms with Crippen molar-refractivity contribution in [1.82, 2.24) is 4.57 Å². The van der Waals surface area contributed by atoms with E-state index in [1.165, 1.54) is 12.1 Å². The minimum absolute atomic E-state index is 0. The highest BCUT2D eigenvalue weighted by atomic mass is 79.9. The Bertz CT molecular complexity index is 1320. The molecule has 7 nitrogen and oxygen atoms in total. The number of methoxy groups -OCH3 is 2. The highest BCUT2D eigenvalue weighted by molar-refractivity contribution is 8.93. The van der Waals surface area contributed by atoms with Gasteiger partial charge in [-0.2, -0.15) is 0 Å². The molecule has 34 heavy (non-hydrogen) atoms. The monoisotopic (exact) mass is 541 g/mol. The highest BCUT2D eigenvalue weighted by Gasteiger charge is 2.12. The molecular formula is C25H24BrN3O4S. The van der Waals surface area contributed by atoms with Gasteiger partial charge in [0.15, 0.2) is 16.3 Å². The Morgan fingerprint density at radius 2 is 1.68 bits per heavy atom. The summed E-state index contributed by atoms with van der Waals surface area (Å²) in [5, 5.41) is 13.1. The Morgan fingerprint density at radius 3 is 2.32 bits per heavy atom. The number of thiazole rings is 1. The van der Waals surface area contributed by atoms with Crippen molar-refractivity contribution in [3.05, 3.63) is 98.7 Å². The van der Waals surface area contributed by atoms with Crippen molar-refractivity contribution in [3.8, 4) is 22.8 Å². The summed E-state index contributed by atoms with van der Waals surface area (Å²) >= 11 is 1.54. The van der Waals surface area contributed by atoms with E-state index in [1.807, 2.05) is 53.9 Å². The molecule has 0 aliphatic carbocycles. The first kappa shape index (κ1) is 25.2. The van der Waals surface area contributed by atoms with Crippen LogP contribution in [0.5, 0.6) is 11.5 Å². The molecular weight excluding hydrogens is 518 g/mol. The Labute approximate surface area is 211 Å². The molecule has 0 bridgehead atoms. The van der Waals surface area contributed by atoms with Gasteiger partial charge in [0.05, 0.1) is 30.5 Å². The molecule has 0 unspecified atom stereocenters. The third-order valence-corrected chi connectivity index (χ3v) is 6.09. The quantitative estimate of drug-likeness (QED) is 0.196. The number of non-ortho nitro benzene ring substituents is 1. The van der Waals surface area contributed by atoms with E-state index in [-0.39, 0.29) is 22.7 Å². The molecule has 0 saturated heterocycles. The molecule has 1 heterocycles. The van der Waals surface area contributed by atoms with E-state index in [0.29, 0.717) is 18.0 Å². The fourth-order valence-electron chi connectivity index (χ4n) is 3.51. The van der Waals surface area contributed by atoms with Crippen molar-refractivity contribution in [3.63, 3.8) is 0 Å². The molecule has 1 aromatic heterocycles. The summed E-state index contributed by atoms with van der Waals surface area (Å²) in [5.74, 6) is 1.38. The van der Waals surface area contributed by atoms with Crippen LogP contribution in [0, 0.1) is 10.1 Å². The molecule has 176 valence electrons. The highest BCUT2D eigenvalue weighted by Crippen LogP contribution is 2.28. The number of rotatable bonds is 8. The van der Waals surface area contributed by atoms with Crippen LogP contribution in [0.2, 0.25) is 0 Å². The molecule has 4 rings (SSSR count). The summed E-state index contributed by atoms with van der Waals surface area (Å²) in [4.78, 5) is 16.3. The Morgan fingerprint density at radius 1 is 0.971 bits per heavy atom. The summed E-state index contributed by atoms with van der Waals surface area (Å²) in [5.41, 5.74) is 3.91. The molecule has 0 spiro atoms. The van der Waals surface area contributed by atoms with E-state index in [4.69, 9.17) is 14.5 Å². The number of benzene rings is 3. The minimum Gasteiger partial charge on any atom is -0.493 e. The number of para-hydroxylation sites is 1. The third kappa shape index (κ3) is 5.73. The lowest BCUT2D eigenvalue weighted by Gasteiger charge is -2.12. The van der Waals surface area contributed by atoms with Gasteiger partial charge in [0.2, 0.25) is 0 Å². The van der Waals surface area contributed by atoms with E-state index in [0.717, 1.165) is 33.7 Å². The maximum atomic E-state index is 11.0.